The number of carbonyl (C=O) groups is 5. The van der Waals surface area contributed by atoms with E-state index in [1.165, 1.54) is 31.2 Å². The molecule has 2 fully saturated rings. The predicted molar refractivity (Wildman–Crippen MR) is 101 cm³/mol. The minimum atomic E-state index is -1.62. The molecule has 0 spiro atoms. The minimum absolute atomic E-state index is 0.174. The first kappa shape index (κ1) is 20.7. The van der Waals surface area contributed by atoms with E-state index in [-0.39, 0.29) is 11.4 Å². The zero-order valence-electron chi connectivity index (χ0n) is 16.9. The summed E-state index contributed by atoms with van der Waals surface area (Å²) in [5.41, 5.74) is -1.41. The van der Waals surface area contributed by atoms with Gasteiger partial charge < -0.3 is 18.9 Å². The van der Waals surface area contributed by atoms with Gasteiger partial charge in [-0.15, -0.1) is 0 Å². The molecule has 10 nitrogen and oxygen atoms in total. The smallest absolute Gasteiger partial charge is 0.308 e. The van der Waals surface area contributed by atoms with Gasteiger partial charge in [0.2, 0.25) is 11.8 Å². The Labute approximate surface area is 176 Å². The molecule has 1 aromatic rings. The third kappa shape index (κ3) is 3.28. The predicted octanol–water partition coefficient (Wildman–Crippen LogP) is 0.877. The maximum atomic E-state index is 13.4. The fourth-order valence-corrected chi connectivity index (χ4v) is 4.32. The Kier molecular flexibility index (Phi) is 4.89. The van der Waals surface area contributed by atoms with Crippen LogP contribution in [0.4, 0.5) is 5.69 Å². The zero-order valence-corrected chi connectivity index (χ0v) is 16.9. The van der Waals surface area contributed by atoms with Gasteiger partial charge in [-0.3, -0.25) is 24.0 Å². The molecule has 0 unspecified atom stereocenters. The Balaban J connectivity index is 1.71. The van der Waals surface area contributed by atoms with Gasteiger partial charge in [0.25, 0.3) is 6.29 Å². The van der Waals surface area contributed by atoms with Crippen LogP contribution in [0.5, 0.6) is 5.75 Å². The quantitative estimate of drug-likeness (QED) is 0.220. The van der Waals surface area contributed by atoms with Crippen LogP contribution in [0.1, 0.15) is 20.8 Å². The lowest BCUT2D eigenvalue weighted by Gasteiger charge is -2.34. The van der Waals surface area contributed by atoms with Crippen molar-refractivity contribution in [2.75, 3.05) is 4.90 Å². The highest BCUT2D eigenvalue weighted by Crippen LogP contribution is 2.54. The standard InChI is InChI=1S/C21H19NO9/c1-10(23)28-14-6-4-5-13(9-14)22-18(26)16-15-7-8-21(31-15,17(16)19(22)27)20(29-11(2)24)30-12(3)25/h4-9,15-17,20H,1-3H3/t15-,16-,17+,21-/m0/s1. The number of benzene rings is 1. The van der Waals surface area contributed by atoms with Crippen molar-refractivity contribution in [2.24, 2.45) is 11.8 Å². The van der Waals surface area contributed by atoms with Crippen molar-refractivity contribution in [2.45, 2.75) is 38.8 Å². The van der Waals surface area contributed by atoms with Crippen molar-refractivity contribution in [3.63, 3.8) is 0 Å². The van der Waals surface area contributed by atoms with Gasteiger partial charge in [0.05, 0.1) is 23.6 Å². The molecule has 10 heteroatoms. The molecule has 4 atom stereocenters. The molecule has 0 aromatic heterocycles. The number of imide groups is 1. The molecule has 31 heavy (non-hydrogen) atoms. The van der Waals surface area contributed by atoms with E-state index in [1.807, 2.05) is 0 Å². The van der Waals surface area contributed by atoms with E-state index in [0.29, 0.717) is 0 Å². The summed E-state index contributed by atoms with van der Waals surface area (Å²) in [5.74, 6) is -4.94. The van der Waals surface area contributed by atoms with Gasteiger partial charge in [-0.1, -0.05) is 12.1 Å². The highest BCUT2D eigenvalue weighted by Gasteiger charge is 2.72. The molecule has 2 amide bonds. The van der Waals surface area contributed by atoms with Gasteiger partial charge in [-0.2, -0.15) is 0 Å². The van der Waals surface area contributed by atoms with Gasteiger partial charge in [0.1, 0.15) is 5.75 Å². The average Bonchev–Trinajstić information content (AvgIpc) is 3.31. The highest BCUT2D eigenvalue weighted by atomic mass is 16.7. The Morgan fingerprint density at radius 1 is 1.03 bits per heavy atom. The average molecular weight is 429 g/mol. The van der Waals surface area contributed by atoms with Gasteiger partial charge in [0, 0.05) is 26.8 Å². The van der Waals surface area contributed by atoms with Crippen molar-refractivity contribution < 1.29 is 42.9 Å². The number of fused-ring (bicyclic) bond motifs is 5. The summed E-state index contributed by atoms with van der Waals surface area (Å²) in [6.07, 6.45) is 0.796. The van der Waals surface area contributed by atoms with Crippen LogP contribution in [0, 0.1) is 11.8 Å². The zero-order chi connectivity index (χ0) is 22.5. The van der Waals surface area contributed by atoms with Crippen molar-refractivity contribution in [1.29, 1.82) is 0 Å². The van der Waals surface area contributed by atoms with E-state index in [2.05, 4.69) is 0 Å². The number of hydrogen-bond acceptors (Lipinski definition) is 9. The molecule has 3 heterocycles. The summed E-state index contributed by atoms with van der Waals surface area (Å²) >= 11 is 0. The summed E-state index contributed by atoms with van der Waals surface area (Å²) in [6, 6.07) is 5.99. The number of esters is 3. The first-order valence-corrected chi connectivity index (χ1v) is 9.52. The summed E-state index contributed by atoms with van der Waals surface area (Å²) in [7, 11) is 0. The van der Waals surface area contributed by atoms with Crippen LogP contribution in [0.15, 0.2) is 36.4 Å². The molecule has 0 radical (unpaired) electrons. The number of hydrogen-bond donors (Lipinski definition) is 0. The first-order valence-electron chi connectivity index (χ1n) is 9.52. The second kappa shape index (κ2) is 7.31. The maximum Gasteiger partial charge on any atom is 0.308 e. The topological polar surface area (TPSA) is 126 Å². The first-order chi connectivity index (χ1) is 14.6. The lowest BCUT2D eigenvalue weighted by atomic mass is 9.76. The molecule has 0 saturated carbocycles. The molecule has 0 N–H and O–H groups in total. The number of nitrogens with zero attached hydrogens (tertiary/aromatic N) is 1. The van der Waals surface area contributed by atoms with Crippen LogP contribution in [-0.2, 0) is 38.2 Å². The monoisotopic (exact) mass is 429 g/mol. The molecule has 3 aliphatic heterocycles. The third-order valence-electron chi connectivity index (χ3n) is 5.33. The molecule has 2 saturated heterocycles. The number of rotatable bonds is 5. The van der Waals surface area contributed by atoms with Gasteiger partial charge in [-0.05, 0) is 18.2 Å². The second-order valence-corrected chi connectivity index (χ2v) is 7.45. The van der Waals surface area contributed by atoms with Crippen LogP contribution in [0.2, 0.25) is 0 Å². The molecular weight excluding hydrogens is 410 g/mol. The SMILES string of the molecule is CC(=O)Oc1cccc(N2C(=O)[C@H]3[C@@H]4C=C[C@](C(OC(C)=O)OC(C)=O)(O4)[C@H]3C2=O)c1. The van der Waals surface area contributed by atoms with Crippen LogP contribution >= 0.6 is 0 Å². The van der Waals surface area contributed by atoms with Crippen LogP contribution in [-0.4, -0.2) is 47.7 Å². The largest absolute Gasteiger partial charge is 0.427 e. The summed E-state index contributed by atoms with van der Waals surface area (Å²) in [4.78, 5) is 62.1. The van der Waals surface area contributed by atoms with Crippen LogP contribution in [0.25, 0.3) is 0 Å². The summed E-state index contributed by atoms with van der Waals surface area (Å²) < 4.78 is 21.3. The number of amides is 2. The highest BCUT2D eigenvalue weighted by molar-refractivity contribution is 6.23. The van der Waals surface area contributed by atoms with Crippen molar-refractivity contribution >= 4 is 35.4 Å². The third-order valence-corrected chi connectivity index (χ3v) is 5.33. The van der Waals surface area contributed by atoms with Crippen molar-refractivity contribution in [3.8, 4) is 5.75 Å². The van der Waals surface area contributed by atoms with Crippen LogP contribution < -0.4 is 9.64 Å². The fourth-order valence-electron chi connectivity index (χ4n) is 4.32. The molecule has 3 aliphatic rings. The molecule has 2 bridgehead atoms. The Morgan fingerprint density at radius 2 is 1.71 bits per heavy atom. The van der Waals surface area contributed by atoms with E-state index in [1.54, 1.807) is 12.1 Å². The lowest BCUT2D eigenvalue weighted by molar-refractivity contribution is -0.226. The van der Waals surface area contributed by atoms with Gasteiger partial charge in [0.15, 0.2) is 5.60 Å². The Hall–Kier alpha value is -3.53. The second-order valence-electron chi connectivity index (χ2n) is 7.45. The summed E-state index contributed by atoms with van der Waals surface area (Å²) in [6.45, 7) is 3.49. The van der Waals surface area contributed by atoms with E-state index in [0.717, 1.165) is 18.7 Å². The van der Waals surface area contributed by atoms with Crippen LogP contribution in [0.3, 0.4) is 0 Å². The van der Waals surface area contributed by atoms with Crippen molar-refractivity contribution in [1.82, 2.24) is 0 Å². The lowest BCUT2D eigenvalue weighted by Crippen LogP contribution is -2.52. The van der Waals surface area contributed by atoms with E-state index in [9.17, 15) is 24.0 Å². The van der Waals surface area contributed by atoms with E-state index < -0.39 is 59.6 Å². The normalized spacial score (nSPS) is 28.1. The van der Waals surface area contributed by atoms with Crippen molar-refractivity contribution in [3.05, 3.63) is 36.4 Å². The minimum Gasteiger partial charge on any atom is -0.427 e. The molecule has 0 aliphatic carbocycles. The number of carbonyl (C=O) groups excluding carboxylic acids is 5. The molecule has 162 valence electrons. The number of ether oxygens (including phenoxy) is 4. The van der Waals surface area contributed by atoms with E-state index >= 15 is 0 Å². The Bertz CT molecular complexity index is 1020. The van der Waals surface area contributed by atoms with E-state index in [4.69, 9.17) is 18.9 Å². The van der Waals surface area contributed by atoms with Gasteiger partial charge in [-0.25, -0.2) is 4.90 Å². The van der Waals surface area contributed by atoms with Gasteiger partial charge >= 0.3 is 17.9 Å². The molecule has 4 rings (SSSR count). The fraction of sp³-hybridized carbons (Fsp3) is 0.381. The summed E-state index contributed by atoms with van der Waals surface area (Å²) in [5, 5.41) is 0. The molecule has 1 aromatic carbocycles. The Morgan fingerprint density at radius 3 is 2.32 bits per heavy atom. The number of anilines is 1. The maximum absolute atomic E-state index is 13.4. The molecular formula is C21H19NO9.